The lowest BCUT2D eigenvalue weighted by molar-refractivity contribution is 0.295. The molecule has 3 nitrogen and oxygen atoms in total. The molecule has 0 aliphatic heterocycles. The number of hydrogen-bond donors (Lipinski definition) is 1. The average Bonchev–Trinajstić information content (AvgIpc) is 2.38. The summed E-state index contributed by atoms with van der Waals surface area (Å²) < 4.78 is 7.02. The zero-order chi connectivity index (χ0) is 14.5. The summed E-state index contributed by atoms with van der Waals surface area (Å²) >= 11 is 3.52. The van der Waals surface area contributed by atoms with Gasteiger partial charge in [-0.15, -0.1) is 0 Å². The number of nitrogens with zero attached hydrogens (tertiary/aromatic N) is 1. The van der Waals surface area contributed by atoms with E-state index in [4.69, 9.17) is 10.5 Å². The van der Waals surface area contributed by atoms with Crippen LogP contribution in [0.3, 0.4) is 0 Å². The lowest BCUT2D eigenvalue weighted by Crippen LogP contribution is -2.18. The fraction of sp³-hybridized carbons (Fsp3) is 0.312. The molecular formula is C16H19BrN2O. The Bertz CT molecular complexity index is 570. The van der Waals surface area contributed by atoms with Gasteiger partial charge in [0.1, 0.15) is 12.4 Å². The number of halogens is 1. The fourth-order valence-electron chi connectivity index (χ4n) is 2.13. The van der Waals surface area contributed by atoms with Crippen LogP contribution >= 0.6 is 15.9 Å². The zero-order valence-electron chi connectivity index (χ0n) is 11.8. The lowest BCUT2D eigenvalue weighted by Gasteiger charge is -2.16. The molecule has 4 heteroatoms. The van der Waals surface area contributed by atoms with Crippen LogP contribution < -0.4 is 10.5 Å². The number of aromatic nitrogens is 1. The van der Waals surface area contributed by atoms with Crippen LogP contribution in [0.15, 0.2) is 41.0 Å². The summed E-state index contributed by atoms with van der Waals surface area (Å²) in [5, 5.41) is 0. The van der Waals surface area contributed by atoms with Gasteiger partial charge in [0.15, 0.2) is 0 Å². The van der Waals surface area contributed by atoms with Crippen LogP contribution in [0, 0.1) is 6.92 Å². The van der Waals surface area contributed by atoms with Crippen molar-refractivity contribution in [2.45, 2.75) is 32.9 Å². The van der Waals surface area contributed by atoms with Crippen LogP contribution in [-0.2, 0) is 13.0 Å². The molecule has 0 saturated heterocycles. The largest absolute Gasteiger partial charge is 0.487 e. The SMILES string of the molecule is Cc1cc(Br)cc(CC(C)N)c1OCc1ccccn1. The molecule has 0 saturated carbocycles. The monoisotopic (exact) mass is 334 g/mol. The second-order valence-corrected chi connectivity index (χ2v) is 5.92. The van der Waals surface area contributed by atoms with Crippen LogP contribution in [0.25, 0.3) is 0 Å². The van der Waals surface area contributed by atoms with Gasteiger partial charge in [-0.1, -0.05) is 22.0 Å². The van der Waals surface area contributed by atoms with Crippen LogP contribution in [0.4, 0.5) is 0 Å². The van der Waals surface area contributed by atoms with Gasteiger partial charge in [0.25, 0.3) is 0 Å². The normalized spacial score (nSPS) is 12.2. The summed E-state index contributed by atoms with van der Waals surface area (Å²) in [7, 11) is 0. The molecule has 0 bridgehead atoms. The molecular weight excluding hydrogens is 316 g/mol. The quantitative estimate of drug-likeness (QED) is 0.908. The Labute approximate surface area is 128 Å². The van der Waals surface area contributed by atoms with E-state index in [0.29, 0.717) is 6.61 Å². The predicted molar refractivity (Wildman–Crippen MR) is 84.8 cm³/mol. The predicted octanol–water partition coefficient (Wildman–Crippen LogP) is 3.62. The maximum atomic E-state index is 5.97. The summed E-state index contributed by atoms with van der Waals surface area (Å²) in [6, 6.07) is 10.0. The number of benzene rings is 1. The number of hydrogen-bond acceptors (Lipinski definition) is 3. The van der Waals surface area contributed by atoms with Gasteiger partial charge in [0, 0.05) is 16.7 Å². The molecule has 20 heavy (non-hydrogen) atoms. The minimum atomic E-state index is 0.0981. The van der Waals surface area contributed by atoms with Crippen molar-refractivity contribution in [3.8, 4) is 5.75 Å². The Balaban J connectivity index is 2.21. The lowest BCUT2D eigenvalue weighted by atomic mass is 10.0. The smallest absolute Gasteiger partial charge is 0.130 e. The van der Waals surface area contributed by atoms with Gasteiger partial charge in [-0.2, -0.15) is 0 Å². The highest BCUT2D eigenvalue weighted by atomic mass is 79.9. The van der Waals surface area contributed by atoms with Crippen molar-refractivity contribution in [1.82, 2.24) is 4.98 Å². The average molecular weight is 335 g/mol. The first-order valence-corrected chi connectivity index (χ1v) is 7.43. The van der Waals surface area contributed by atoms with Gasteiger partial charge in [-0.25, -0.2) is 0 Å². The molecule has 1 unspecified atom stereocenters. The molecule has 0 aliphatic rings. The fourth-order valence-corrected chi connectivity index (χ4v) is 2.75. The van der Waals surface area contributed by atoms with Crippen molar-refractivity contribution in [3.05, 3.63) is 57.8 Å². The van der Waals surface area contributed by atoms with Gasteiger partial charge in [0.2, 0.25) is 0 Å². The molecule has 2 N–H and O–H groups in total. The zero-order valence-corrected chi connectivity index (χ0v) is 13.4. The van der Waals surface area contributed by atoms with E-state index in [0.717, 1.165) is 33.5 Å². The number of nitrogens with two attached hydrogens (primary N) is 1. The molecule has 1 aromatic heterocycles. The molecule has 0 amide bonds. The van der Waals surface area contributed by atoms with Crippen LogP contribution in [-0.4, -0.2) is 11.0 Å². The Morgan fingerprint density at radius 1 is 1.35 bits per heavy atom. The van der Waals surface area contributed by atoms with Crippen molar-refractivity contribution >= 4 is 15.9 Å². The van der Waals surface area contributed by atoms with Gasteiger partial charge in [0.05, 0.1) is 5.69 Å². The van der Waals surface area contributed by atoms with E-state index in [9.17, 15) is 0 Å². The van der Waals surface area contributed by atoms with E-state index in [1.165, 1.54) is 0 Å². The summed E-state index contributed by atoms with van der Waals surface area (Å²) in [6.07, 6.45) is 2.56. The molecule has 0 aliphatic carbocycles. The highest BCUT2D eigenvalue weighted by Crippen LogP contribution is 2.29. The van der Waals surface area contributed by atoms with Crippen LogP contribution in [0.2, 0.25) is 0 Å². The third-order valence-electron chi connectivity index (χ3n) is 2.95. The third kappa shape index (κ3) is 4.05. The van der Waals surface area contributed by atoms with Crippen molar-refractivity contribution in [3.63, 3.8) is 0 Å². The first-order valence-electron chi connectivity index (χ1n) is 6.63. The first kappa shape index (κ1) is 15.0. The molecule has 0 fully saturated rings. The van der Waals surface area contributed by atoms with Gasteiger partial charge in [-0.05, 0) is 55.7 Å². The third-order valence-corrected chi connectivity index (χ3v) is 3.41. The molecule has 0 spiro atoms. The second-order valence-electron chi connectivity index (χ2n) is 5.00. The van der Waals surface area contributed by atoms with Crippen molar-refractivity contribution in [1.29, 1.82) is 0 Å². The minimum Gasteiger partial charge on any atom is -0.487 e. The van der Waals surface area contributed by atoms with Gasteiger partial charge in [-0.3, -0.25) is 4.98 Å². The summed E-state index contributed by atoms with van der Waals surface area (Å²) in [5.41, 5.74) is 9.07. The van der Waals surface area contributed by atoms with Gasteiger partial charge < -0.3 is 10.5 Å². The number of ether oxygens (including phenoxy) is 1. The van der Waals surface area contributed by atoms with E-state index < -0.39 is 0 Å². The highest BCUT2D eigenvalue weighted by Gasteiger charge is 2.11. The number of pyridine rings is 1. The van der Waals surface area contributed by atoms with Crippen molar-refractivity contribution in [2.24, 2.45) is 5.73 Å². The Kier molecular flexibility index (Phi) is 5.15. The molecule has 1 aromatic carbocycles. The van der Waals surface area contributed by atoms with E-state index in [2.05, 4.69) is 33.0 Å². The summed E-state index contributed by atoms with van der Waals surface area (Å²) in [5.74, 6) is 0.913. The van der Waals surface area contributed by atoms with E-state index >= 15 is 0 Å². The standard InChI is InChI=1S/C16H19BrN2O/c1-11-7-14(17)9-13(8-12(2)18)16(11)20-10-15-5-3-4-6-19-15/h3-7,9,12H,8,10,18H2,1-2H3. The van der Waals surface area contributed by atoms with E-state index in [1.54, 1.807) is 6.20 Å². The molecule has 1 heterocycles. The van der Waals surface area contributed by atoms with E-state index in [-0.39, 0.29) is 6.04 Å². The Morgan fingerprint density at radius 3 is 2.80 bits per heavy atom. The van der Waals surface area contributed by atoms with Crippen LogP contribution in [0.5, 0.6) is 5.75 Å². The maximum Gasteiger partial charge on any atom is 0.130 e. The topological polar surface area (TPSA) is 48.1 Å². The molecule has 0 radical (unpaired) electrons. The number of rotatable bonds is 5. The molecule has 2 rings (SSSR count). The molecule has 106 valence electrons. The maximum absolute atomic E-state index is 5.97. The highest BCUT2D eigenvalue weighted by molar-refractivity contribution is 9.10. The minimum absolute atomic E-state index is 0.0981. The van der Waals surface area contributed by atoms with Gasteiger partial charge >= 0.3 is 0 Å². The van der Waals surface area contributed by atoms with Crippen molar-refractivity contribution < 1.29 is 4.74 Å². The summed E-state index contributed by atoms with van der Waals surface area (Å²) in [4.78, 5) is 4.27. The Hall–Kier alpha value is -1.39. The Morgan fingerprint density at radius 2 is 2.15 bits per heavy atom. The molecule has 2 aromatic rings. The first-order chi connectivity index (χ1) is 9.56. The second kappa shape index (κ2) is 6.86. The van der Waals surface area contributed by atoms with Crippen molar-refractivity contribution in [2.75, 3.05) is 0 Å². The summed E-state index contributed by atoms with van der Waals surface area (Å²) in [6.45, 7) is 4.51. The molecule has 1 atom stereocenters. The van der Waals surface area contributed by atoms with E-state index in [1.807, 2.05) is 32.0 Å². The number of aryl methyl sites for hydroxylation is 1. The van der Waals surface area contributed by atoms with Crippen LogP contribution in [0.1, 0.15) is 23.7 Å².